The van der Waals surface area contributed by atoms with E-state index < -0.39 is 5.97 Å². The van der Waals surface area contributed by atoms with Crippen LogP contribution in [0.4, 0.5) is 0 Å². The Morgan fingerprint density at radius 2 is 2.29 bits per heavy atom. The number of rotatable bonds is 3. The van der Waals surface area contributed by atoms with Gasteiger partial charge in [0.05, 0.1) is 5.69 Å². The predicted molar refractivity (Wildman–Crippen MR) is 52.6 cm³/mol. The molecular weight excluding hydrogens is 180 g/mol. The number of carboxylic acid groups (broad SMARTS) is 1. The van der Waals surface area contributed by atoms with E-state index >= 15 is 0 Å². The molecule has 4 nitrogen and oxygen atoms in total. The van der Waals surface area contributed by atoms with Gasteiger partial charge in [-0.15, -0.1) is 0 Å². The fourth-order valence-corrected chi connectivity index (χ4v) is 1.24. The van der Waals surface area contributed by atoms with Gasteiger partial charge in [0.25, 0.3) is 0 Å². The number of carboxylic acids is 1. The van der Waals surface area contributed by atoms with Crippen molar-refractivity contribution in [1.82, 2.24) is 9.97 Å². The molecule has 1 N–H and O–H groups in total. The van der Waals surface area contributed by atoms with Gasteiger partial charge in [-0.3, -0.25) is 0 Å². The summed E-state index contributed by atoms with van der Waals surface area (Å²) in [6.45, 7) is 3.57. The zero-order valence-corrected chi connectivity index (χ0v) is 8.19. The molecule has 1 rings (SSSR count). The van der Waals surface area contributed by atoms with E-state index in [1.165, 1.54) is 6.33 Å². The molecule has 0 spiro atoms. The lowest BCUT2D eigenvalue weighted by Gasteiger charge is -2.04. The Morgan fingerprint density at radius 3 is 2.71 bits per heavy atom. The molecule has 0 saturated carbocycles. The number of aromatic nitrogens is 2. The summed E-state index contributed by atoms with van der Waals surface area (Å²) in [7, 11) is 0. The largest absolute Gasteiger partial charge is 0.478 e. The molecule has 14 heavy (non-hydrogen) atoms. The van der Waals surface area contributed by atoms with Gasteiger partial charge >= 0.3 is 5.97 Å². The first kappa shape index (κ1) is 10.4. The number of hydrogen-bond acceptors (Lipinski definition) is 3. The van der Waals surface area contributed by atoms with Crippen molar-refractivity contribution in [2.45, 2.75) is 20.3 Å². The van der Waals surface area contributed by atoms with Gasteiger partial charge < -0.3 is 5.11 Å². The van der Waals surface area contributed by atoms with Crippen molar-refractivity contribution < 1.29 is 9.90 Å². The van der Waals surface area contributed by atoms with Crippen LogP contribution in [0, 0.1) is 0 Å². The van der Waals surface area contributed by atoms with E-state index in [1.54, 1.807) is 19.2 Å². The SMILES string of the molecule is CC/C(C(=O)O)=C(\C)c1ccncn1. The van der Waals surface area contributed by atoms with Crippen LogP contribution in [0.15, 0.2) is 24.2 Å². The number of nitrogens with zero attached hydrogens (tertiary/aromatic N) is 2. The van der Waals surface area contributed by atoms with Gasteiger partial charge in [-0.2, -0.15) is 0 Å². The molecule has 0 aliphatic heterocycles. The van der Waals surface area contributed by atoms with Crippen LogP contribution in [-0.4, -0.2) is 21.0 Å². The second-order valence-electron chi connectivity index (χ2n) is 2.86. The van der Waals surface area contributed by atoms with Crippen molar-refractivity contribution in [3.8, 4) is 0 Å². The first-order valence-corrected chi connectivity index (χ1v) is 4.36. The molecule has 0 saturated heterocycles. The van der Waals surface area contributed by atoms with E-state index in [0.29, 0.717) is 23.3 Å². The van der Waals surface area contributed by atoms with Crippen molar-refractivity contribution >= 4 is 11.5 Å². The Hall–Kier alpha value is -1.71. The maximum atomic E-state index is 10.8. The summed E-state index contributed by atoms with van der Waals surface area (Å²) in [5.41, 5.74) is 1.75. The van der Waals surface area contributed by atoms with Crippen molar-refractivity contribution in [2.24, 2.45) is 0 Å². The summed E-state index contributed by atoms with van der Waals surface area (Å²) in [4.78, 5) is 18.6. The lowest BCUT2D eigenvalue weighted by atomic mass is 10.0. The number of allylic oxidation sites excluding steroid dienone is 1. The van der Waals surface area contributed by atoms with E-state index in [4.69, 9.17) is 5.11 Å². The molecule has 0 aromatic carbocycles. The second kappa shape index (κ2) is 4.50. The molecule has 0 unspecified atom stereocenters. The minimum absolute atomic E-state index is 0.392. The van der Waals surface area contributed by atoms with Crippen LogP contribution >= 0.6 is 0 Å². The highest BCUT2D eigenvalue weighted by Crippen LogP contribution is 2.17. The number of aliphatic carboxylic acids is 1. The van der Waals surface area contributed by atoms with Crippen LogP contribution < -0.4 is 0 Å². The van der Waals surface area contributed by atoms with Gasteiger partial charge in [0.1, 0.15) is 6.33 Å². The predicted octanol–water partition coefficient (Wildman–Crippen LogP) is 1.74. The molecule has 0 aliphatic carbocycles. The Balaban J connectivity index is 3.15. The molecule has 1 heterocycles. The molecule has 0 bridgehead atoms. The van der Waals surface area contributed by atoms with E-state index in [1.807, 2.05) is 6.92 Å². The standard InChI is InChI=1S/C10H12N2O2/c1-3-8(10(13)14)7(2)9-4-5-11-6-12-9/h4-6H,3H2,1-2H3,(H,13,14)/b8-7-. The highest BCUT2D eigenvalue weighted by Gasteiger charge is 2.10. The van der Waals surface area contributed by atoms with Gasteiger partial charge in [0.2, 0.25) is 0 Å². The fourth-order valence-electron chi connectivity index (χ4n) is 1.24. The van der Waals surface area contributed by atoms with E-state index in [0.717, 1.165) is 0 Å². The van der Waals surface area contributed by atoms with Crippen LogP contribution in [-0.2, 0) is 4.79 Å². The Bertz CT molecular complexity index is 358. The van der Waals surface area contributed by atoms with Gasteiger partial charge in [-0.1, -0.05) is 6.92 Å². The van der Waals surface area contributed by atoms with Gasteiger partial charge in [0.15, 0.2) is 0 Å². The minimum Gasteiger partial charge on any atom is -0.478 e. The average Bonchev–Trinajstić information content (AvgIpc) is 2.19. The highest BCUT2D eigenvalue weighted by atomic mass is 16.4. The van der Waals surface area contributed by atoms with Crippen LogP contribution in [0.3, 0.4) is 0 Å². The smallest absolute Gasteiger partial charge is 0.331 e. The third kappa shape index (κ3) is 2.16. The van der Waals surface area contributed by atoms with Crippen molar-refractivity contribution in [3.63, 3.8) is 0 Å². The summed E-state index contributed by atoms with van der Waals surface area (Å²) in [6.07, 6.45) is 3.50. The first-order chi connectivity index (χ1) is 6.66. The van der Waals surface area contributed by atoms with E-state index in [2.05, 4.69) is 9.97 Å². The molecule has 4 heteroatoms. The Kier molecular flexibility index (Phi) is 3.34. The maximum Gasteiger partial charge on any atom is 0.331 e. The normalized spacial score (nSPS) is 12.1. The van der Waals surface area contributed by atoms with E-state index in [9.17, 15) is 4.79 Å². The molecule has 0 radical (unpaired) electrons. The van der Waals surface area contributed by atoms with Crippen LogP contribution in [0.2, 0.25) is 0 Å². The zero-order valence-electron chi connectivity index (χ0n) is 8.19. The highest BCUT2D eigenvalue weighted by molar-refractivity contribution is 5.95. The zero-order chi connectivity index (χ0) is 10.6. The Labute approximate surface area is 82.3 Å². The molecule has 0 fully saturated rings. The lowest BCUT2D eigenvalue weighted by Crippen LogP contribution is -2.02. The summed E-state index contributed by atoms with van der Waals surface area (Å²) in [6, 6.07) is 1.70. The van der Waals surface area contributed by atoms with Crippen LogP contribution in [0.25, 0.3) is 5.57 Å². The summed E-state index contributed by atoms with van der Waals surface area (Å²) in [5.74, 6) is -0.886. The number of hydrogen-bond donors (Lipinski definition) is 1. The van der Waals surface area contributed by atoms with Gasteiger partial charge in [-0.25, -0.2) is 14.8 Å². The monoisotopic (exact) mass is 192 g/mol. The third-order valence-electron chi connectivity index (χ3n) is 2.03. The molecular formula is C10H12N2O2. The van der Waals surface area contributed by atoms with Crippen molar-refractivity contribution in [1.29, 1.82) is 0 Å². The quantitative estimate of drug-likeness (QED) is 0.741. The number of carbonyl (C=O) groups is 1. The molecule has 0 aliphatic rings. The molecule has 1 aromatic heterocycles. The van der Waals surface area contributed by atoms with Gasteiger partial charge in [-0.05, 0) is 25.0 Å². The summed E-state index contributed by atoms with van der Waals surface area (Å²) < 4.78 is 0. The van der Waals surface area contributed by atoms with Gasteiger partial charge in [0, 0.05) is 11.8 Å². The average molecular weight is 192 g/mol. The van der Waals surface area contributed by atoms with Crippen LogP contribution in [0.1, 0.15) is 26.0 Å². The van der Waals surface area contributed by atoms with E-state index in [-0.39, 0.29) is 0 Å². The van der Waals surface area contributed by atoms with Crippen LogP contribution in [0.5, 0.6) is 0 Å². The van der Waals surface area contributed by atoms with Crippen molar-refractivity contribution in [3.05, 3.63) is 29.9 Å². The topological polar surface area (TPSA) is 63.1 Å². The molecule has 1 aromatic rings. The molecule has 74 valence electrons. The second-order valence-corrected chi connectivity index (χ2v) is 2.86. The molecule has 0 amide bonds. The molecule has 0 atom stereocenters. The summed E-state index contributed by atoms with van der Waals surface area (Å²) >= 11 is 0. The lowest BCUT2D eigenvalue weighted by molar-refractivity contribution is -0.132. The van der Waals surface area contributed by atoms with Crippen molar-refractivity contribution in [2.75, 3.05) is 0 Å². The minimum atomic E-state index is -0.886. The maximum absolute atomic E-state index is 10.8. The Morgan fingerprint density at radius 1 is 1.57 bits per heavy atom. The first-order valence-electron chi connectivity index (χ1n) is 4.36. The fraction of sp³-hybridized carbons (Fsp3) is 0.300. The third-order valence-corrected chi connectivity index (χ3v) is 2.03. The summed E-state index contributed by atoms with van der Waals surface area (Å²) in [5, 5.41) is 8.90.